The van der Waals surface area contributed by atoms with Gasteiger partial charge in [0.15, 0.2) is 0 Å². The summed E-state index contributed by atoms with van der Waals surface area (Å²) in [5.74, 6) is 0.487. The van der Waals surface area contributed by atoms with Gasteiger partial charge in [-0.2, -0.15) is 0 Å². The summed E-state index contributed by atoms with van der Waals surface area (Å²) in [6.07, 6.45) is 11.0. The highest BCUT2D eigenvalue weighted by molar-refractivity contribution is 5.77. The van der Waals surface area contributed by atoms with Crippen molar-refractivity contribution in [3.05, 3.63) is 54.1 Å². The molecule has 1 aliphatic heterocycles. The third kappa shape index (κ3) is 1.63. The molecule has 1 aliphatic carbocycles. The molecular formula is C15H15N. The molecule has 0 bridgehead atoms. The quantitative estimate of drug-likeness (QED) is 0.671. The maximum absolute atomic E-state index is 4.57. The van der Waals surface area contributed by atoms with Crippen LogP contribution in [0.3, 0.4) is 0 Å². The Kier molecular flexibility index (Phi) is 2.45. The van der Waals surface area contributed by atoms with Crippen LogP contribution in [-0.2, 0) is 0 Å². The zero-order valence-corrected chi connectivity index (χ0v) is 9.21. The molecule has 0 saturated carbocycles. The van der Waals surface area contributed by atoms with Gasteiger partial charge < -0.3 is 0 Å². The second-order valence-corrected chi connectivity index (χ2v) is 4.38. The van der Waals surface area contributed by atoms with E-state index in [1.165, 1.54) is 17.6 Å². The molecule has 80 valence electrons. The van der Waals surface area contributed by atoms with E-state index in [-0.39, 0.29) is 0 Å². The van der Waals surface area contributed by atoms with Crippen LogP contribution < -0.4 is 0 Å². The van der Waals surface area contributed by atoms with Crippen molar-refractivity contribution in [2.24, 2.45) is 10.9 Å². The van der Waals surface area contributed by atoms with Gasteiger partial charge in [0.25, 0.3) is 0 Å². The van der Waals surface area contributed by atoms with Crippen LogP contribution in [0.5, 0.6) is 0 Å². The van der Waals surface area contributed by atoms with E-state index in [1.807, 2.05) is 6.21 Å². The summed E-state index contributed by atoms with van der Waals surface area (Å²) in [7, 11) is 0. The van der Waals surface area contributed by atoms with Crippen LogP contribution in [0, 0.1) is 5.92 Å². The molecule has 0 spiro atoms. The molecule has 0 amide bonds. The smallest absolute Gasteiger partial charge is 0.0605 e. The normalized spacial score (nSPS) is 27.4. The summed E-state index contributed by atoms with van der Waals surface area (Å²) in [5.41, 5.74) is 2.80. The van der Waals surface area contributed by atoms with Gasteiger partial charge in [-0.3, -0.25) is 4.99 Å². The van der Waals surface area contributed by atoms with Crippen molar-refractivity contribution >= 4 is 11.8 Å². The van der Waals surface area contributed by atoms with Crippen molar-refractivity contribution in [1.82, 2.24) is 0 Å². The van der Waals surface area contributed by atoms with Crippen molar-refractivity contribution in [3.63, 3.8) is 0 Å². The van der Waals surface area contributed by atoms with Gasteiger partial charge in [-0.05, 0) is 30.1 Å². The molecule has 1 aromatic rings. The molecule has 0 radical (unpaired) electrons. The van der Waals surface area contributed by atoms with Gasteiger partial charge in [0, 0.05) is 12.1 Å². The van der Waals surface area contributed by atoms with Gasteiger partial charge in [0.05, 0.1) is 6.04 Å². The number of nitrogens with zero attached hydrogens (tertiary/aromatic N) is 1. The number of rotatable bonds is 1. The molecular weight excluding hydrogens is 194 g/mol. The van der Waals surface area contributed by atoms with E-state index in [2.05, 4.69) is 53.6 Å². The lowest BCUT2D eigenvalue weighted by atomic mass is 9.79. The third-order valence-electron chi connectivity index (χ3n) is 3.39. The first-order valence-electron chi connectivity index (χ1n) is 5.90. The molecule has 0 saturated heterocycles. The minimum absolute atomic E-state index is 0.463. The summed E-state index contributed by atoms with van der Waals surface area (Å²) in [6, 6.07) is 11.1. The van der Waals surface area contributed by atoms with E-state index in [0.29, 0.717) is 12.0 Å². The van der Waals surface area contributed by atoms with Crippen LogP contribution in [0.25, 0.3) is 5.57 Å². The molecule has 2 atom stereocenters. The average Bonchev–Trinajstić information content (AvgIpc) is 2.39. The molecule has 0 fully saturated rings. The van der Waals surface area contributed by atoms with E-state index < -0.39 is 0 Å². The Hall–Kier alpha value is -1.63. The fraction of sp³-hybridized carbons (Fsp3) is 0.267. The van der Waals surface area contributed by atoms with Crippen molar-refractivity contribution in [2.75, 3.05) is 0 Å². The van der Waals surface area contributed by atoms with Crippen molar-refractivity contribution < 1.29 is 0 Å². The summed E-state index contributed by atoms with van der Waals surface area (Å²) < 4.78 is 0. The number of dihydropyridines is 1. The molecule has 1 heterocycles. The molecule has 2 unspecified atom stereocenters. The molecule has 0 N–H and O–H groups in total. The predicted molar refractivity (Wildman–Crippen MR) is 68.6 cm³/mol. The Morgan fingerprint density at radius 1 is 1.12 bits per heavy atom. The molecule has 1 aromatic carbocycles. The van der Waals surface area contributed by atoms with Gasteiger partial charge in [0.2, 0.25) is 0 Å². The van der Waals surface area contributed by atoms with Crippen LogP contribution in [-0.4, -0.2) is 12.3 Å². The first kappa shape index (κ1) is 9.59. The highest BCUT2D eigenvalue weighted by Crippen LogP contribution is 2.36. The number of fused-ring (bicyclic) bond motifs is 1. The monoisotopic (exact) mass is 209 g/mol. The Morgan fingerprint density at radius 2 is 2.00 bits per heavy atom. The lowest BCUT2D eigenvalue weighted by molar-refractivity contribution is 0.537. The zero-order chi connectivity index (χ0) is 10.8. The highest BCUT2D eigenvalue weighted by atomic mass is 14.8. The van der Waals surface area contributed by atoms with Gasteiger partial charge in [-0.25, -0.2) is 0 Å². The van der Waals surface area contributed by atoms with Crippen LogP contribution in [0.1, 0.15) is 18.4 Å². The van der Waals surface area contributed by atoms with Crippen molar-refractivity contribution in [3.8, 4) is 0 Å². The van der Waals surface area contributed by atoms with E-state index in [0.717, 1.165) is 6.42 Å². The van der Waals surface area contributed by atoms with Crippen LogP contribution in [0.4, 0.5) is 0 Å². The maximum Gasteiger partial charge on any atom is 0.0605 e. The van der Waals surface area contributed by atoms with Gasteiger partial charge in [-0.15, -0.1) is 0 Å². The van der Waals surface area contributed by atoms with Gasteiger partial charge >= 0.3 is 0 Å². The van der Waals surface area contributed by atoms with Crippen LogP contribution in [0.2, 0.25) is 0 Å². The van der Waals surface area contributed by atoms with E-state index in [9.17, 15) is 0 Å². The van der Waals surface area contributed by atoms with E-state index in [4.69, 9.17) is 0 Å². The number of aliphatic imine (C=N–C) groups is 1. The fourth-order valence-electron chi connectivity index (χ4n) is 2.60. The van der Waals surface area contributed by atoms with Crippen LogP contribution in [0.15, 0.2) is 53.6 Å². The molecule has 1 heteroatoms. The number of hydrogen-bond acceptors (Lipinski definition) is 1. The summed E-state index contributed by atoms with van der Waals surface area (Å²) in [4.78, 5) is 4.57. The molecule has 1 nitrogen and oxygen atoms in total. The summed E-state index contributed by atoms with van der Waals surface area (Å²) in [6.45, 7) is 0. The number of hydrogen-bond donors (Lipinski definition) is 0. The standard InChI is InChI=1S/C15H15N/c1-2-6-12(7-3-1)13-8-4-10-15-14(13)9-5-11-16-15/h1-3,5-9,11,14-15H,4,10H2. The predicted octanol–water partition coefficient (Wildman–Crippen LogP) is 3.49. The summed E-state index contributed by atoms with van der Waals surface area (Å²) in [5, 5.41) is 0. The Balaban J connectivity index is 1.98. The zero-order valence-electron chi connectivity index (χ0n) is 9.21. The van der Waals surface area contributed by atoms with Crippen LogP contribution >= 0.6 is 0 Å². The SMILES string of the molecule is C1=CC2C(c3ccccc3)=CCCC2N=C1. The van der Waals surface area contributed by atoms with E-state index in [1.54, 1.807) is 0 Å². The lowest BCUT2D eigenvalue weighted by Crippen LogP contribution is -2.23. The Bertz CT molecular complexity index is 454. The Morgan fingerprint density at radius 3 is 2.88 bits per heavy atom. The maximum atomic E-state index is 4.57. The summed E-state index contributed by atoms with van der Waals surface area (Å²) >= 11 is 0. The van der Waals surface area contributed by atoms with E-state index >= 15 is 0 Å². The molecule has 0 aromatic heterocycles. The van der Waals surface area contributed by atoms with Crippen molar-refractivity contribution in [1.29, 1.82) is 0 Å². The molecule has 2 aliphatic rings. The third-order valence-corrected chi connectivity index (χ3v) is 3.39. The van der Waals surface area contributed by atoms with Gasteiger partial charge in [0.1, 0.15) is 0 Å². The lowest BCUT2D eigenvalue weighted by Gasteiger charge is -2.29. The largest absolute Gasteiger partial charge is 0.289 e. The topological polar surface area (TPSA) is 12.4 Å². The Labute approximate surface area is 96.2 Å². The second-order valence-electron chi connectivity index (χ2n) is 4.38. The van der Waals surface area contributed by atoms with Crippen molar-refractivity contribution in [2.45, 2.75) is 18.9 Å². The number of allylic oxidation sites excluding steroid dienone is 2. The average molecular weight is 209 g/mol. The molecule has 3 rings (SSSR count). The fourth-order valence-corrected chi connectivity index (χ4v) is 2.60. The minimum atomic E-state index is 0.463. The molecule has 16 heavy (non-hydrogen) atoms. The first-order valence-corrected chi connectivity index (χ1v) is 5.90. The first-order chi connectivity index (χ1) is 7.95. The minimum Gasteiger partial charge on any atom is -0.289 e. The van der Waals surface area contributed by atoms with Gasteiger partial charge in [-0.1, -0.05) is 42.5 Å². The highest BCUT2D eigenvalue weighted by Gasteiger charge is 2.26. The second kappa shape index (κ2) is 4.09. The number of benzene rings is 1.